The van der Waals surface area contributed by atoms with Gasteiger partial charge in [-0.25, -0.2) is 0 Å². The molecule has 8 heteroatoms. The van der Waals surface area contributed by atoms with Crippen molar-refractivity contribution in [3.8, 4) is 0 Å². The van der Waals surface area contributed by atoms with Crippen LogP contribution in [0.3, 0.4) is 0 Å². The van der Waals surface area contributed by atoms with E-state index in [9.17, 15) is 14.4 Å². The second kappa shape index (κ2) is 10.6. The summed E-state index contributed by atoms with van der Waals surface area (Å²) in [6.45, 7) is 1.35. The van der Waals surface area contributed by atoms with Crippen LogP contribution in [0.4, 0.5) is 5.69 Å². The summed E-state index contributed by atoms with van der Waals surface area (Å²) in [5, 5.41) is 2.25. The number of carbonyl (C=O) groups is 3. The van der Waals surface area contributed by atoms with Crippen molar-refractivity contribution in [3.63, 3.8) is 0 Å². The topological polar surface area (TPSA) is 98.5 Å². The molecule has 2 amide bonds. The highest BCUT2D eigenvalue weighted by atomic mass is 32.2. The van der Waals surface area contributed by atoms with Gasteiger partial charge in [0.2, 0.25) is 5.91 Å². The lowest BCUT2D eigenvalue weighted by molar-refractivity contribution is -0.146. The van der Waals surface area contributed by atoms with Gasteiger partial charge in [0.1, 0.15) is 5.25 Å². The third-order valence-corrected chi connectivity index (χ3v) is 5.45. The van der Waals surface area contributed by atoms with Crippen LogP contribution in [0.1, 0.15) is 6.92 Å². The van der Waals surface area contributed by atoms with Gasteiger partial charge in [0, 0.05) is 9.79 Å². The molecule has 0 aliphatic rings. The number of benzene rings is 2. The van der Waals surface area contributed by atoms with Crippen molar-refractivity contribution in [3.05, 3.63) is 54.6 Å². The Morgan fingerprint density at radius 3 is 2.44 bits per heavy atom. The Balaban J connectivity index is 1.83. The molecule has 0 saturated carbocycles. The lowest BCUT2D eigenvalue weighted by Gasteiger charge is -2.12. The molecule has 0 aromatic heterocycles. The lowest BCUT2D eigenvalue weighted by atomic mass is 10.3. The number of ether oxygens (including phenoxy) is 1. The Hall–Kier alpha value is -2.45. The molecule has 1 atom stereocenters. The van der Waals surface area contributed by atoms with Crippen molar-refractivity contribution >= 4 is 47.0 Å². The first-order chi connectivity index (χ1) is 13.0. The van der Waals surface area contributed by atoms with Crippen LogP contribution in [0.25, 0.3) is 0 Å². The number of nitrogens with one attached hydrogen (secondary N) is 1. The Morgan fingerprint density at radius 1 is 1.07 bits per heavy atom. The van der Waals surface area contributed by atoms with E-state index in [1.165, 1.54) is 23.5 Å². The molecular formula is C19H20N2O4S2. The Labute approximate surface area is 166 Å². The van der Waals surface area contributed by atoms with Crippen molar-refractivity contribution in [1.29, 1.82) is 0 Å². The number of rotatable bonds is 9. The summed E-state index contributed by atoms with van der Waals surface area (Å²) in [6, 6.07) is 16.5. The monoisotopic (exact) mass is 404 g/mol. The smallest absolute Gasteiger partial charge is 0.319 e. The van der Waals surface area contributed by atoms with Crippen LogP contribution in [0, 0.1) is 0 Å². The first kappa shape index (κ1) is 20.9. The number of para-hydroxylation sites is 1. The van der Waals surface area contributed by atoms with Gasteiger partial charge in [0.05, 0.1) is 11.4 Å². The summed E-state index contributed by atoms with van der Waals surface area (Å²) < 4.78 is 5.10. The number of hydrogen-bond donors (Lipinski definition) is 2. The fraction of sp³-hybridized carbons (Fsp3) is 0.211. The maximum atomic E-state index is 12.1. The predicted molar refractivity (Wildman–Crippen MR) is 108 cm³/mol. The number of nitrogens with two attached hydrogens (primary N) is 1. The molecule has 6 nitrogen and oxygen atoms in total. The Morgan fingerprint density at radius 2 is 1.74 bits per heavy atom. The van der Waals surface area contributed by atoms with Crippen LogP contribution in [0.5, 0.6) is 0 Å². The molecule has 142 valence electrons. The normalized spacial score (nSPS) is 11.4. The van der Waals surface area contributed by atoms with E-state index in [-0.39, 0.29) is 12.4 Å². The fourth-order valence-corrected chi connectivity index (χ4v) is 3.67. The van der Waals surface area contributed by atoms with Crippen LogP contribution < -0.4 is 11.1 Å². The number of anilines is 1. The van der Waals surface area contributed by atoms with Crippen LogP contribution in [-0.2, 0) is 19.1 Å². The van der Waals surface area contributed by atoms with Crippen LogP contribution >= 0.6 is 23.5 Å². The standard InChI is InChI=1S/C19H20N2O4S2/c1-13(27-14-7-3-2-4-8-14)19(24)25-11-18(23)21-15-9-5-6-10-16(15)26-12-17(20)22/h2-10,13H,11-12H2,1H3,(H2,20,22)(H,21,23)/t13-/m1/s1. The highest BCUT2D eigenvalue weighted by Crippen LogP contribution is 2.27. The van der Waals surface area contributed by atoms with Gasteiger partial charge in [-0.1, -0.05) is 30.3 Å². The molecular weight excluding hydrogens is 384 g/mol. The Kier molecular flexibility index (Phi) is 8.22. The molecule has 2 aromatic rings. The van der Waals surface area contributed by atoms with Gasteiger partial charge in [0.15, 0.2) is 6.61 Å². The molecule has 3 N–H and O–H groups in total. The summed E-state index contributed by atoms with van der Waals surface area (Å²) in [6.07, 6.45) is 0. The molecule has 2 aromatic carbocycles. The largest absolute Gasteiger partial charge is 0.455 e. The predicted octanol–water partition coefficient (Wildman–Crippen LogP) is 2.93. The van der Waals surface area contributed by atoms with E-state index in [1.807, 2.05) is 30.3 Å². The zero-order valence-corrected chi connectivity index (χ0v) is 16.3. The summed E-state index contributed by atoms with van der Waals surface area (Å²) in [7, 11) is 0. The molecule has 0 radical (unpaired) electrons. The third kappa shape index (κ3) is 7.36. The number of hydrogen-bond acceptors (Lipinski definition) is 6. The van der Waals surface area contributed by atoms with Gasteiger partial charge in [-0.2, -0.15) is 0 Å². The Bertz CT molecular complexity index is 799. The zero-order chi connectivity index (χ0) is 19.6. The highest BCUT2D eigenvalue weighted by Gasteiger charge is 2.17. The van der Waals surface area contributed by atoms with Crippen molar-refractivity contribution in [2.24, 2.45) is 5.73 Å². The first-order valence-corrected chi connectivity index (χ1v) is 10.0. The van der Waals surface area contributed by atoms with E-state index in [0.29, 0.717) is 10.6 Å². The minimum atomic E-state index is -0.463. The number of primary amides is 1. The van der Waals surface area contributed by atoms with Gasteiger partial charge in [-0.15, -0.1) is 23.5 Å². The van der Waals surface area contributed by atoms with Gasteiger partial charge < -0.3 is 15.8 Å². The second-order valence-electron chi connectivity index (χ2n) is 5.48. The van der Waals surface area contributed by atoms with Crippen LogP contribution in [-0.4, -0.2) is 35.4 Å². The molecule has 0 bridgehead atoms. The van der Waals surface area contributed by atoms with Gasteiger partial charge in [-0.3, -0.25) is 14.4 Å². The van der Waals surface area contributed by atoms with E-state index in [2.05, 4.69) is 5.32 Å². The van der Waals surface area contributed by atoms with Crippen LogP contribution in [0.2, 0.25) is 0 Å². The van der Waals surface area contributed by atoms with Gasteiger partial charge in [-0.05, 0) is 31.2 Å². The first-order valence-electron chi connectivity index (χ1n) is 8.14. The maximum absolute atomic E-state index is 12.1. The van der Waals surface area contributed by atoms with Crippen molar-refractivity contribution in [1.82, 2.24) is 0 Å². The summed E-state index contributed by atoms with van der Waals surface area (Å²) in [4.78, 5) is 36.8. The zero-order valence-electron chi connectivity index (χ0n) is 14.7. The molecule has 0 aliphatic heterocycles. The van der Waals surface area contributed by atoms with Crippen molar-refractivity contribution < 1.29 is 19.1 Å². The quantitative estimate of drug-likeness (QED) is 0.493. The number of esters is 1. The summed E-state index contributed by atoms with van der Waals surface area (Å²) in [5.74, 6) is -1.25. The number of amides is 2. The molecule has 0 aliphatic carbocycles. The maximum Gasteiger partial charge on any atom is 0.319 e. The van der Waals surface area contributed by atoms with E-state index in [0.717, 1.165) is 4.90 Å². The fourth-order valence-electron chi connectivity index (χ4n) is 2.04. The van der Waals surface area contributed by atoms with E-state index in [4.69, 9.17) is 10.5 Å². The molecule has 0 fully saturated rings. The molecule has 0 unspecified atom stereocenters. The highest BCUT2D eigenvalue weighted by molar-refractivity contribution is 8.00. The molecule has 0 spiro atoms. The minimum Gasteiger partial charge on any atom is -0.455 e. The third-order valence-electron chi connectivity index (χ3n) is 3.26. The number of carbonyl (C=O) groups excluding carboxylic acids is 3. The van der Waals surface area contributed by atoms with Crippen molar-refractivity contribution in [2.75, 3.05) is 17.7 Å². The number of thioether (sulfide) groups is 2. The van der Waals surface area contributed by atoms with E-state index < -0.39 is 23.0 Å². The second-order valence-corrected chi connectivity index (χ2v) is 7.91. The van der Waals surface area contributed by atoms with Crippen molar-refractivity contribution in [2.45, 2.75) is 22.0 Å². The molecule has 0 saturated heterocycles. The summed E-state index contributed by atoms with van der Waals surface area (Å²) >= 11 is 2.59. The van der Waals surface area contributed by atoms with E-state index >= 15 is 0 Å². The van der Waals surface area contributed by atoms with Gasteiger partial charge in [0.25, 0.3) is 5.91 Å². The summed E-state index contributed by atoms with van der Waals surface area (Å²) in [5.41, 5.74) is 5.69. The molecule has 27 heavy (non-hydrogen) atoms. The molecule has 2 rings (SSSR count). The lowest BCUT2D eigenvalue weighted by Crippen LogP contribution is -2.25. The van der Waals surface area contributed by atoms with Gasteiger partial charge >= 0.3 is 5.97 Å². The average molecular weight is 405 g/mol. The molecule has 0 heterocycles. The average Bonchev–Trinajstić information content (AvgIpc) is 2.66. The van der Waals surface area contributed by atoms with Crippen LogP contribution in [0.15, 0.2) is 64.4 Å². The SMILES string of the molecule is C[C@@H](Sc1ccccc1)C(=O)OCC(=O)Nc1ccccc1SCC(N)=O. The minimum absolute atomic E-state index is 0.107. The van der Waals surface area contributed by atoms with E-state index in [1.54, 1.807) is 31.2 Å².